The molecule has 2 N–H and O–H groups in total. The minimum Gasteiger partial charge on any atom is -0.476 e. The lowest BCUT2D eigenvalue weighted by Crippen LogP contribution is -2.51. The molecular weight excluding hydrogens is 453 g/mol. The smallest absolute Gasteiger partial charge is 0.410 e. The fourth-order valence-electron chi connectivity index (χ4n) is 4.07. The number of aromatic carboxylic acids is 1. The third-order valence-corrected chi connectivity index (χ3v) is 6.06. The van der Waals surface area contributed by atoms with Crippen molar-refractivity contribution in [2.75, 3.05) is 38.0 Å². The van der Waals surface area contributed by atoms with E-state index in [2.05, 4.69) is 26.3 Å². The van der Waals surface area contributed by atoms with Gasteiger partial charge in [-0.05, 0) is 51.2 Å². The monoisotopic (exact) mass is 485 g/mol. The number of ether oxygens (including phenoxy) is 1. The average Bonchev–Trinajstić information content (AvgIpc) is 3.63. The van der Waals surface area contributed by atoms with Gasteiger partial charge in [0.1, 0.15) is 5.60 Å². The Labute approximate surface area is 204 Å². The summed E-state index contributed by atoms with van der Waals surface area (Å²) in [4.78, 5) is 35.8. The van der Waals surface area contributed by atoms with E-state index in [1.54, 1.807) is 4.90 Å². The minimum atomic E-state index is -1.41. The molecule has 1 saturated carbocycles. The van der Waals surface area contributed by atoms with Crippen molar-refractivity contribution >= 4 is 17.7 Å². The molecule has 10 heteroatoms. The second kappa shape index (κ2) is 10.2. The zero-order valence-electron chi connectivity index (χ0n) is 20.3. The number of rotatable bonds is 7. The standard InChI is InChI=1S/C25H32FN5O4/c1-25(2,3)35-24(34)31-10-8-30(9-11-31)15-21(20-7-6-17(13-27-20)16-4-5-16)29-18-12-19(26)22(23(32)33)28-14-18/h6-7,12-14,16,21,29H,4-5,8-11,15H2,1-3H3,(H,32,33). The molecule has 1 aliphatic carbocycles. The topological polar surface area (TPSA) is 108 Å². The van der Waals surface area contributed by atoms with Crippen LogP contribution < -0.4 is 5.32 Å². The van der Waals surface area contributed by atoms with Gasteiger partial charge in [-0.3, -0.25) is 9.88 Å². The molecule has 3 heterocycles. The van der Waals surface area contributed by atoms with Crippen molar-refractivity contribution in [3.63, 3.8) is 0 Å². The van der Waals surface area contributed by atoms with Crippen molar-refractivity contribution in [1.29, 1.82) is 0 Å². The lowest BCUT2D eigenvalue weighted by Gasteiger charge is -2.37. The van der Waals surface area contributed by atoms with Gasteiger partial charge in [-0.1, -0.05) is 6.07 Å². The van der Waals surface area contributed by atoms with E-state index < -0.39 is 23.1 Å². The SMILES string of the molecule is CC(C)(C)OC(=O)N1CCN(CC(Nc2cnc(C(=O)O)c(F)c2)c2ccc(C3CC3)cn2)CC1. The van der Waals surface area contributed by atoms with Crippen molar-refractivity contribution in [2.45, 2.75) is 51.2 Å². The van der Waals surface area contributed by atoms with Crippen molar-refractivity contribution in [2.24, 2.45) is 0 Å². The summed E-state index contributed by atoms with van der Waals surface area (Å²) in [5.74, 6) is -1.72. The summed E-state index contributed by atoms with van der Waals surface area (Å²) in [5, 5.41) is 12.3. The lowest BCUT2D eigenvalue weighted by atomic mass is 10.1. The number of nitrogens with one attached hydrogen (secondary N) is 1. The Kier molecular flexibility index (Phi) is 7.20. The van der Waals surface area contributed by atoms with E-state index in [4.69, 9.17) is 9.84 Å². The molecule has 2 aromatic heterocycles. The number of carbonyl (C=O) groups is 2. The van der Waals surface area contributed by atoms with Gasteiger partial charge >= 0.3 is 12.1 Å². The molecule has 35 heavy (non-hydrogen) atoms. The zero-order valence-corrected chi connectivity index (χ0v) is 20.3. The Morgan fingerprint density at radius 2 is 1.89 bits per heavy atom. The second-order valence-corrected chi connectivity index (χ2v) is 10.1. The van der Waals surface area contributed by atoms with E-state index in [-0.39, 0.29) is 12.1 Å². The van der Waals surface area contributed by atoms with Crippen molar-refractivity contribution < 1.29 is 23.8 Å². The Balaban J connectivity index is 1.45. The fourth-order valence-corrected chi connectivity index (χ4v) is 4.07. The average molecular weight is 486 g/mol. The number of aromatic nitrogens is 2. The lowest BCUT2D eigenvalue weighted by molar-refractivity contribution is 0.0142. The largest absolute Gasteiger partial charge is 0.476 e. The summed E-state index contributed by atoms with van der Waals surface area (Å²) in [5.41, 5.74) is 1.24. The van der Waals surface area contributed by atoms with Crippen LogP contribution in [0.15, 0.2) is 30.6 Å². The molecule has 0 spiro atoms. The third-order valence-electron chi connectivity index (χ3n) is 6.06. The molecule has 9 nitrogen and oxygen atoms in total. The molecule has 4 rings (SSSR count). The van der Waals surface area contributed by atoms with Gasteiger partial charge in [0, 0.05) is 45.0 Å². The highest BCUT2D eigenvalue weighted by atomic mass is 19.1. The molecule has 1 atom stereocenters. The van der Waals surface area contributed by atoms with Crippen LogP contribution >= 0.6 is 0 Å². The summed E-state index contributed by atoms with van der Waals surface area (Å²) in [6, 6.07) is 4.93. The Morgan fingerprint density at radius 3 is 2.43 bits per heavy atom. The van der Waals surface area contributed by atoms with Crippen molar-refractivity contribution in [1.82, 2.24) is 19.8 Å². The van der Waals surface area contributed by atoms with E-state index in [0.29, 0.717) is 44.3 Å². The van der Waals surface area contributed by atoms with Crippen LogP contribution in [0, 0.1) is 5.82 Å². The van der Waals surface area contributed by atoms with Crippen LogP contribution in [-0.2, 0) is 4.74 Å². The number of pyridine rings is 2. The first-order chi connectivity index (χ1) is 16.6. The third kappa shape index (κ3) is 6.66. The van der Waals surface area contributed by atoms with Gasteiger partial charge in [0.15, 0.2) is 11.5 Å². The molecule has 0 aromatic carbocycles. The number of hydrogen-bond donors (Lipinski definition) is 2. The molecule has 2 fully saturated rings. The maximum absolute atomic E-state index is 14.2. The van der Waals surface area contributed by atoms with Crippen molar-refractivity contribution in [3.8, 4) is 0 Å². The van der Waals surface area contributed by atoms with Gasteiger partial charge in [0.2, 0.25) is 0 Å². The molecule has 188 valence electrons. The van der Waals surface area contributed by atoms with Crippen LogP contribution in [0.4, 0.5) is 14.9 Å². The first-order valence-corrected chi connectivity index (χ1v) is 11.9. The summed E-state index contributed by atoms with van der Waals surface area (Å²) < 4.78 is 19.7. The number of nitrogens with zero attached hydrogens (tertiary/aromatic N) is 4. The normalized spacial score (nSPS) is 17.7. The Hall–Kier alpha value is -3.27. The highest BCUT2D eigenvalue weighted by Crippen LogP contribution is 2.39. The van der Waals surface area contributed by atoms with Crippen LogP contribution in [0.2, 0.25) is 0 Å². The Morgan fingerprint density at radius 1 is 1.17 bits per heavy atom. The zero-order chi connectivity index (χ0) is 25.2. The highest BCUT2D eigenvalue weighted by molar-refractivity contribution is 5.85. The summed E-state index contributed by atoms with van der Waals surface area (Å²) in [6.07, 6.45) is 5.27. The van der Waals surface area contributed by atoms with E-state index in [9.17, 15) is 14.0 Å². The molecule has 0 radical (unpaired) electrons. The van der Waals surface area contributed by atoms with Crippen LogP contribution in [0.3, 0.4) is 0 Å². The van der Waals surface area contributed by atoms with Gasteiger partial charge in [0.25, 0.3) is 0 Å². The minimum absolute atomic E-state index is 0.284. The maximum atomic E-state index is 14.2. The molecule has 1 amide bonds. The van der Waals surface area contributed by atoms with Crippen LogP contribution in [-0.4, -0.2) is 75.3 Å². The maximum Gasteiger partial charge on any atom is 0.410 e. The van der Waals surface area contributed by atoms with Gasteiger partial charge in [-0.15, -0.1) is 0 Å². The van der Waals surface area contributed by atoms with Crippen LogP contribution in [0.25, 0.3) is 0 Å². The molecule has 2 aliphatic rings. The summed E-state index contributed by atoms with van der Waals surface area (Å²) in [7, 11) is 0. The van der Waals surface area contributed by atoms with Gasteiger partial charge < -0.3 is 20.1 Å². The van der Waals surface area contributed by atoms with E-state index >= 15 is 0 Å². The molecule has 2 aromatic rings. The van der Waals surface area contributed by atoms with Gasteiger partial charge in [-0.25, -0.2) is 19.0 Å². The fraction of sp³-hybridized carbons (Fsp3) is 0.520. The van der Waals surface area contributed by atoms with Gasteiger partial charge in [-0.2, -0.15) is 0 Å². The predicted octanol–water partition coefficient (Wildman–Crippen LogP) is 3.90. The van der Waals surface area contributed by atoms with E-state index in [1.807, 2.05) is 33.0 Å². The molecule has 0 bridgehead atoms. The molecule has 1 unspecified atom stereocenters. The van der Waals surface area contributed by atoms with Gasteiger partial charge in [0.05, 0.1) is 23.6 Å². The predicted molar refractivity (Wildman–Crippen MR) is 128 cm³/mol. The number of carbonyl (C=O) groups excluding carboxylic acids is 1. The quantitative estimate of drug-likeness (QED) is 0.608. The molecule has 1 saturated heterocycles. The van der Waals surface area contributed by atoms with Crippen LogP contribution in [0.5, 0.6) is 0 Å². The number of carboxylic acid groups (broad SMARTS) is 1. The Bertz CT molecular complexity index is 1060. The first kappa shape index (κ1) is 24.8. The van der Waals surface area contributed by atoms with Crippen molar-refractivity contribution in [3.05, 3.63) is 53.4 Å². The number of carboxylic acids is 1. The summed E-state index contributed by atoms with van der Waals surface area (Å²) in [6.45, 7) is 8.50. The first-order valence-electron chi connectivity index (χ1n) is 11.9. The van der Waals surface area contributed by atoms with Crippen LogP contribution in [0.1, 0.15) is 67.3 Å². The number of halogens is 1. The van der Waals surface area contributed by atoms with E-state index in [1.165, 1.54) is 24.6 Å². The number of piperazine rings is 1. The molecule has 1 aliphatic heterocycles. The number of anilines is 1. The summed E-state index contributed by atoms with van der Waals surface area (Å²) >= 11 is 0. The second-order valence-electron chi connectivity index (χ2n) is 10.1. The number of amides is 1. The highest BCUT2D eigenvalue weighted by Gasteiger charge is 2.28. The van der Waals surface area contributed by atoms with E-state index in [0.717, 1.165) is 11.8 Å². The molecular formula is C25H32FN5O4. The number of hydrogen-bond acceptors (Lipinski definition) is 7.